The number of ether oxygens (including phenoxy) is 1. The van der Waals surface area contributed by atoms with Crippen molar-refractivity contribution < 1.29 is 4.74 Å². The van der Waals surface area contributed by atoms with Gasteiger partial charge < -0.3 is 9.72 Å². The highest BCUT2D eigenvalue weighted by Crippen LogP contribution is 2.31. The van der Waals surface area contributed by atoms with E-state index >= 15 is 0 Å². The molecule has 0 atom stereocenters. The van der Waals surface area contributed by atoms with E-state index in [0.717, 1.165) is 35.5 Å². The van der Waals surface area contributed by atoms with Gasteiger partial charge in [-0.15, -0.1) is 0 Å². The molecule has 0 aliphatic carbocycles. The Morgan fingerprint density at radius 3 is 2.52 bits per heavy atom. The number of benzene rings is 2. The SMILES string of the molecule is CCCc1c[nH]c2ccc(Oc3c(C)cccc3C)cc12. The Hall–Kier alpha value is -2.22. The smallest absolute Gasteiger partial charge is 0.133 e. The maximum Gasteiger partial charge on any atom is 0.133 e. The van der Waals surface area contributed by atoms with E-state index in [1.807, 2.05) is 6.07 Å². The third kappa shape index (κ3) is 2.66. The first-order chi connectivity index (χ1) is 10.2. The minimum Gasteiger partial charge on any atom is -0.457 e. The lowest BCUT2D eigenvalue weighted by atomic mass is 10.1. The molecular weight excluding hydrogens is 258 g/mol. The van der Waals surface area contributed by atoms with E-state index in [-0.39, 0.29) is 0 Å². The molecule has 2 nitrogen and oxygen atoms in total. The zero-order chi connectivity index (χ0) is 14.8. The second-order valence-electron chi connectivity index (χ2n) is 5.59. The number of H-pyrrole nitrogens is 1. The maximum atomic E-state index is 6.14. The Kier molecular flexibility index (Phi) is 3.70. The Bertz CT molecular complexity index is 750. The molecule has 0 unspecified atom stereocenters. The van der Waals surface area contributed by atoms with Gasteiger partial charge in [-0.3, -0.25) is 0 Å². The van der Waals surface area contributed by atoms with Crippen LogP contribution in [-0.4, -0.2) is 4.98 Å². The molecule has 0 bridgehead atoms. The fourth-order valence-corrected chi connectivity index (χ4v) is 2.78. The monoisotopic (exact) mass is 279 g/mol. The van der Waals surface area contributed by atoms with Gasteiger partial charge in [-0.05, 0) is 55.2 Å². The average Bonchev–Trinajstić information content (AvgIpc) is 2.86. The molecule has 0 spiro atoms. The van der Waals surface area contributed by atoms with Crippen LogP contribution in [0.15, 0.2) is 42.6 Å². The topological polar surface area (TPSA) is 25.0 Å². The minimum absolute atomic E-state index is 0.900. The highest BCUT2D eigenvalue weighted by Gasteiger charge is 2.08. The van der Waals surface area contributed by atoms with Gasteiger partial charge in [0, 0.05) is 17.1 Å². The molecule has 0 saturated heterocycles. The molecule has 0 saturated carbocycles. The van der Waals surface area contributed by atoms with Crippen molar-refractivity contribution in [3.05, 3.63) is 59.3 Å². The predicted octanol–water partition coefficient (Wildman–Crippen LogP) is 5.53. The van der Waals surface area contributed by atoms with Gasteiger partial charge >= 0.3 is 0 Å². The van der Waals surface area contributed by atoms with Crippen molar-refractivity contribution >= 4 is 10.9 Å². The summed E-state index contributed by atoms with van der Waals surface area (Å²) in [7, 11) is 0. The molecule has 108 valence electrons. The maximum absolute atomic E-state index is 6.14. The number of aromatic amines is 1. The zero-order valence-corrected chi connectivity index (χ0v) is 12.9. The minimum atomic E-state index is 0.900. The van der Waals surface area contributed by atoms with Gasteiger partial charge in [0.25, 0.3) is 0 Å². The van der Waals surface area contributed by atoms with Crippen LogP contribution in [0.25, 0.3) is 10.9 Å². The van der Waals surface area contributed by atoms with Crippen molar-refractivity contribution in [3.63, 3.8) is 0 Å². The summed E-state index contributed by atoms with van der Waals surface area (Å²) >= 11 is 0. The second kappa shape index (κ2) is 5.65. The fraction of sp³-hybridized carbons (Fsp3) is 0.263. The molecule has 0 aliphatic heterocycles. The van der Waals surface area contributed by atoms with Crippen molar-refractivity contribution in [2.24, 2.45) is 0 Å². The van der Waals surface area contributed by atoms with Crippen molar-refractivity contribution in [1.82, 2.24) is 4.98 Å². The number of para-hydroxylation sites is 1. The molecule has 2 heteroatoms. The lowest BCUT2D eigenvalue weighted by Gasteiger charge is -2.11. The molecule has 3 rings (SSSR count). The van der Waals surface area contributed by atoms with E-state index in [0.29, 0.717) is 0 Å². The summed E-state index contributed by atoms with van der Waals surface area (Å²) in [5, 5.41) is 1.26. The second-order valence-corrected chi connectivity index (χ2v) is 5.59. The van der Waals surface area contributed by atoms with Crippen LogP contribution >= 0.6 is 0 Å². The molecule has 0 amide bonds. The largest absolute Gasteiger partial charge is 0.457 e. The Balaban J connectivity index is 1.99. The van der Waals surface area contributed by atoms with Crippen LogP contribution in [0, 0.1) is 13.8 Å². The molecule has 21 heavy (non-hydrogen) atoms. The zero-order valence-electron chi connectivity index (χ0n) is 12.9. The van der Waals surface area contributed by atoms with Crippen LogP contribution in [-0.2, 0) is 6.42 Å². The van der Waals surface area contributed by atoms with Crippen molar-refractivity contribution in [1.29, 1.82) is 0 Å². The molecule has 1 N–H and O–H groups in total. The standard InChI is InChI=1S/C19H21NO/c1-4-6-15-12-20-18-10-9-16(11-17(15)18)21-19-13(2)7-5-8-14(19)3/h5,7-12,20H,4,6H2,1-3H3. The van der Waals surface area contributed by atoms with E-state index in [1.165, 1.54) is 16.5 Å². The van der Waals surface area contributed by atoms with Crippen LogP contribution in [0.1, 0.15) is 30.0 Å². The van der Waals surface area contributed by atoms with E-state index < -0.39 is 0 Å². The summed E-state index contributed by atoms with van der Waals surface area (Å²) in [5.41, 5.74) is 4.86. The molecule has 0 fully saturated rings. The van der Waals surface area contributed by atoms with Crippen molar-refractivity contribution in [2.45, 2.75) is 33.6 Å². The van der Waals surface area contributed by atoms with Crippen molar-refractivity contribution in [2.75, 3.05) is 0 Å². The van der Waals surface area contributed by atoms with Gasteiger partial charge in [0.1, 0.15) is 11.5 Å². The summed E-state index contributed by atoms with van der Waals surface area (Å²) in [5.74, 6) is 1.86. The molecule has 1 aromatic heterocycles. The first kappa shape index (κ1) is 13.7. The van der Waals surface area contributed by atoms with E-state index in [1.54, 1.807) is 0 Å². The van der Waals surface area contributed by atoms with Crippen LogP contribution in [0.2, 0.25) is 0 Å². The average molecular weight is 279 g/mol. The Morgan fingerprint density at radius 2 is 1.81 bits per heavy atom. The third-order valence-corrected chi connectivity index (χ3v) is 3.89. The molecule has 0 radical (unpaired) electrons. The summed E-state index contributed by atoms with van der Waals surface area (Å²) < 4.78 is 6.14. The molecule has 0 aliphatic rings. The van der Waals surface area contributed by atoms with Gasteiger partial charge in [0.2, 0.25) is 0 Å². The van der Waals surface area contributed by atoms with Crippen LogP contribution in [0.5, 0.6) is 11.5 Å². The number of hydrogen-bond acceptors (Lipinski definition) is 1. The quantitative estimate of drug-likeness (QED) is 0.667. The number of aryl methyl sites for hydroxylation is 3. The highest BCUT2D eigenvalue weighted by atomic mass is 16.5. The van der Waals surface area contributed by atoms with E-state index in [4.69, 9.17) is 4.74 Å². The van der Waals surface area contributed by atoms with E-state index in [9.17, 15) is 0 Å². The summed E-state index contributed by atoms with van der Waals surface area (Å²) in [6.07, 6.45) is 4.35. The van der Waals surface area contributed by atoms with Gasteiger partial charge in [-0.25, -0.2) is 0 Å². The summed E-state index contributed by atoms with van der Waals surface area (Å²) in [6, 6.07) is 12.5. The van der Waals surface area contributed by atoms with Gasteiger partial charge in [-0.1, -0.05) is 31.5 Å². The van der Waals surface area contributed by atoms with Crippen LogP contribution in [0.4, 0.5) is 0 Å². The normalized spacial score (nSPS) is 11.0. The van der Waals surface area contributed by atoms with Crippen molar-refractivity contribution in [3.8, 4) is 11.5 Å². The third-order valence-electron chi connectivity index (χ3n) is 3.89. The van der Waals surface area contributed by atoms with E-state index in [2.05, 4.69) is 62.3 Å². The fourth-order valence-electron chi connectivity index (χ4n) is 2.78. The molecule has 2 aromatic carbocycles. The van der Waals surface area contributed by atoms with Gasteiger partial charge in [-0.2, -0.15) is 0 Å². The lowest BCUT2D eigenvalue weighted by molar-refractivity contribution is 0.476. The summed E-state index contributed by atoms with van der Waals surface area (Å²) in [4.78, 5) is 3.33. The lowest BCUT2D eigenvalue weighted by Crippen LogP contribution is -1.91. The molecular formula is C19H21NO. The number of hydrogen-bond donors (Lipinski definition) is 1. The number of nitrogens with one attached hydrogen (secondary N) is 1. The summed E-state index contributed by atoms with van der Waals surface area (Å²) in [6.45, 7) is 6.37. The first-order valence-corrected chi connectivity index (χ1v) is 7.53. The predicted molar refractivity (Wildman–Crippen MR) is 88.3 cm³/mol. The molecule has 1 heterocycles. The number of aromatic nitrogens is 1. The van der Waals surface area contributed by atoms with Crippen LogP contribution < -0.4 is 4.74 Å². The highest BCUT2D eigenvalue weighted by molar-refractivity contribution is 5.84. The van der Waals surface area contributed by atoms with Gasteiger partial charge in [0.15, 0.2) is 0 Å². The van der Waals surface area contributed by atoms with Crippen LogP contribution in [0.3, 0.4) is 0 Å². The first-order valence-electron chi connectivity index (χ1n) is 7.53. The molecule has 3 aromatic rings. The Morgan fingerprint density at radius 1 is 1.05 bits per heavy atom. The Labute approximate surface area is 125 Å². The number of fused-ring (bicyclic) bond motifs is 1. The van der Waals surface area contributed by atoms with Gasteiger partial charge in [0.05, 0.1) is 0 Å². The number of rotatable bonds is 4.